The number of nitrogens with one attached hydrogen (secondary N) is 2. The van der Waals surface area contributed by atoms with Crippen LogP contribution in [0.3, 0.4) is 0 Å². The SMILES string of the molecule is Cc1ccc(F)cc1NC(=O)CN1C(=O)NC2(CCC(C)CC2)C1=O. The number of halogens is 1. The van der Waals surface area contributed by atoms with Crippen LogP contribution in [-0.4, -0.2) is 34.8 Å². The highest BCUT2D eigenvalue weighted by Gasteiger charge is 2.52. The average Bonchev–Trinajstić information content (AvgIpc) is 2.78. The second-order valence-electron chi connectivity index (χ2n) is 7.09. The van der Waals surface area contributed by atoms with Gasteiger partial charge in [-0.05, 0) is 56.2 Å². The molecule has 134 valence electrons. The van der Waals surface area contributed by atoms with Gasteiger partial charge >= 0.3 is 6.03 Å². The molecule has 1 aromatic rings. The molecule has 1 aliphatic heterocycles. The maximum absolute atomic E-state index is 13.3. The first-order chi connectivity index (χ1) is 11.8. The van der Waals surface area contributed by atoms with Gasteiger partial charge in [-0.2, -0.15) is 0 Å². The fraction of sp³-hybridized carbons (Fsp3) is 0.500. The number of aryl methyl sites for hydroxylation is 1. The minimum Gasteiger partial charge on any atom is -0.324 e. The van der Waals surface area contributed by atoms with Crippen molar-refractivity contribution in [2.75, 3.05) is 11.9 Å². The van der Waals surface area contributed by atoms with Gasteiger partial charge in [-0.3, -0.25) is 14.5 Å². The van der Waals surface area contributed by atoms with E-state index in [0.717, 1.165) is 17.7 Å². The van der Waals surface area contributed by atoms with E-state index >= 15 is 0 Å². The van der Waals surface area contributed by atoms with E-state index in [-0.39, 0.29) is 12.5 Å². The molecule has 1 heterocycles. The maximum atomic E-state index is 13.3. The lowest BCUT2D eigenvalue weighted by molar-refractivity contribution is -0.135. The molecule has 2 N–H and O–H groups in total. The molecule has 1 aromatic carbocycles. The summed E-state index contributed by atoms with van der Waals surface area (Å²) in [6.07, 6.45) is 2.93. The minimum absolute atomic E-state index is 0.332. The quantitative estimate of drug-likeness (QED) is 0.825. The number of nitrogens with zero attached hydrogens (tertiary/aromatic N) is 1. The van der Waals surface area contributed by atoms with Crippen molar-refractivity contribution >= 4 is 23.5 Å². The van der Waals surface area contributed by atoms with Gasteiger partial charge in [0.25, 0.3) is 5.91 Å². The number of carbonyl (C=O) groups is 3. The first-order valence-electron chi connectivity index (χ1n) is 8.51. The Hall–Kier alpha value is -2.44. The molecule has 1 saturated heterocycles. The molecule has 1 spiro atoms. The predicted molar refractivity (Wildman–Crippen MR) is 90.4 cm³/mol. The number of urea groups is 1. The number of rotatable bonds is 3. The van der Waals surface area contributed by atoms with Crippen molar-refractivity contribution in [2.24, 2.45) is 5.92 Å². The summed E-state index contributed by atoms with van der Waals surface area (Å²) in [5, 5.41) is 5.34. The maximum Gasteiger partial charge on any atom is 0.325 e. The van der Waals surface area contributed by atoms with Crippen molar-refractivity contribution in [3.05, 3.63) is 29.6 Å². The van der Waals surface area contributed by atoms with Gasteiger partial charge in [-0.25, -0.2) is 9.18 Å². The average molecular weight is 347 g/mol. The van der Waals surface area contributed by atoms with Crippen LogP contribution >= 0.6 is 0 Å². The number of anilines is 1. The molecule has 0 aromatic heterocycles. The molecule has 25 heavy (non-hydrogen) atoms. The van der Waals surface area contributed by atoms with Crippen LogP contribution in [0.1, 0.15) is 38.2 Å². The summed E-state index contributed by atoms with van der Waals surface area (Å²) in [5.74, 6) is -0.802. The van der Waals surface area contributed by atoms with Crippen molar-refractivity contribution in [2.45, 2.75) is 45.1 Å². The monoisotopic (exact) mass is 347 g/mol. The fourth-order valence-corrected chi connectivity index (χ4v) is 3.48. The highest BCUT2D eigenvalue weighted by Crippen LogP contribution is 2.36. The summed E-state index contributed by atoms with van der Waals surface area (Å²) < 4.78 is 13.3. The van der Waals surface area contributed by atoms with Crippen molar-refractivity contribution in [3.63, 3.8) is 0 Å². The van der Waals surface area contributed by atoms with E-state index in [1.807, 2.05) is 0 Å². The fourth-order valence-electron chi connectivity index (χ4n) is 3.48. The minimum atomic E-state index is -0.862. The summed E-state index contributed by atoms with van der Waals surface area (Å²) in [7, 11) is 0. The summed E-state index contributed by atoms with van der Waals surface area (Å²) >= 11 is 0. The van der Waals surface area contributed by atoms with Crippen LogP contribution in [0.2, 0.25) is 0 Å². The summed E-state index contributed by atoms with van der Waals surface area (Å²) in [6, 6.07) is 3.53. The normalized spacial score (nSPS) is 26.0. The molecule has 0 bridgehead atoms. The third kappa shape index (κ3) is 3.36. The van der Waals surface area contributed by atoms with E-state index < -0.39 is 23.3 Å². The molecular weight excluding hydrogens is 325 g/mol. The Morgan fingerprint density at radius 2 is 2.04 bits per heavy atom. The molecular formula is C18H22FN3O3. The molecule has 0 radical (unpaired) electrons. The van der Waals surface area contributed by atoms with Gasteiger partial charge in [-0.1, -0.05) is 13.0 Å². The number of amides is 4. The van der Waals surface area contributed by atoms with Crippen LogP contribution in [-0.2, 0) is 9.59 Å². The topological polar surface area (TPSA) is 78.5 Å². The third-order valence-electron chi connectivity index (χ3n) is 5.15. The second kappa shape index (κ2) is 6.46. The number of benzene rings is 1. The van der Waals surface area contributed by atoms with E-state index in [1.54, 1.807) is 13.0 Å². The molecule has 7 heteroatoms. The van der Waals surface area contributed by atoms with Gasteiger partial charge in [0.15, 0.2) is 0 Å². The van der Waals surface area contributed by atoms with E-state index in [2.05, 4.69) is 17.6 Å². The molecule has 1 aliphatic carbocycles. The summed E-state index contributed by atoms with van der Waals surface area (Å²) in [5.41, 5.74) is 0.168. The smallest absolute Gasteiger partial charge is 0.324 e. The predicted octanol–water partition coefficient (Wildman–Crippen LogP) is 2.57. The van der Waals surface area contributed by atoms with Crippen molar-refractivity contribution in [3.8, 4) is 0 Å². The zero-order valence-corrected chi connectivity index (χ0v) is 14.4. The van der Waals surface area contributed by atoms with E-state index in [0.29, 0.717) is 30.0 Å². The lowest BCUT2D eigenvalue weighted by atomic mass is 9.77. The first-order valence-corrected chi connectivity index (χ1v) is 8.51. The van der Waals surface area contributed by atoms with Crippen LogP contribution in [0.25, 0.3) is 0 Å². The Morgan fingerprint density at radius 3 is 2.72 bits per heavy atom. The lowest BCUT2D eigenvalue weighted by Gasteiger charge is -2.33. The molecule has 6 nitrogen and oxygen atoms in total. The molecule has 1 saturated carbocycles. The summed E-state index contributed by atoms with van der Waals surface area (Å²) in [4.78, 5) is 38.1. The van der Waals surface area contributed by atoms with Gasteiger partial charge in [0.1, 0.15) is 17.9 Å². The molecule has 0 atom stereocenters. The highest BCUT2D eigenvalue weighted by molar-refractivity contribution is 6.10. The van der Waals surface area contributed by atoms with Gasteiger partial charge in [0, 0.05) is 5.69 Å². The number of hydrogen-bond donors (Lipinski definition) is 2. The lowest BCUT2D eigenvalue weighted by Crippen LogP contribution is -2.49. The standard InChI is InChI=1S/C18H22FN3O3/c1-11-5-7-18(8-6-11)16(24)22(17(25)21-18)10-15(23)20-14-9-13(19)4-3-12(14)2/h3-4,9,11H,5-8,10H2,1-2H3,(H,20,23)(H,21,25). The van der Waals surface area contributed by atoms with E-state index in [4.69, 9.17) is 0 Å². The van der Waals surface area contributed by atoms with Crippen molar-refractivity contribution in [1.82, 2.24) is 10.2 Å². The molecule has 2 fully saturated rings. The number of hydrogen-bond acceptors (Lipinski definition) is 3. The van der Waals surface area contributed by atoms with E-state index in [1.165, 1.54) is 12.1 Å². The van der Waals surface area contributed by atoms with Gasteiger partial charge in [-0.15, -0.1) is 0 Å². The third-order valence-corrected chi connectivity index (χ3v) is 5.15. The summed E-state index contributed by atoms with van der Waals surface area (Å²) in [6.45, 7) is 3.49. The zero-order valence-electron chi connectivity index (χ0n) is 14.4. The molecule has 2 aliphatic rings. The highest BCUT2D eigenvalue weighted by atomic mass is 19.1. The first kappa shape index (κ1) is 17.4. The second-order valence-corrected chi connectivity index (χ2v) is 7.09. The van der Waals surface area contributed by atoms with Crippen LogP contribution in [0.15, 0.2) is 18.2 Å². The molecule has 3 rings (SSSR count). The van der Waals surface area contributed by atoms with Crippen molar-refractivity contribution in [1.29, 1.82) is 0 Å². The number of imide groups is 1. The van der Waals surface area contributed by atoms with E-state index in [9.17, 15) is 18.8 Å². The van der Waals surface area contributed by atoms with Gasteiger partial charge < -0.3 is 10.6 Å². The van der Waals surface area contributed by atoms with Crippen LogP contribution in [0.4, 0.5) is 14.9 Å². The Morgan fingerprint density at radius 1 is 1.36 bits per heavy atom. The Balaban J connectivity index is 1.68. The van der Waals surface area contributed by atoms with Gasteiger partial charge in [0.2, 0.25) is 5.91 Å². The Labute approximate surface area is 145 Å². The van der Waals surface area contributed by atoms with Crippen LogP contribution in [0, 0.1) is 18.7 Å². The zero-order chi connectivity index (χ0) is 18.2. The Kier molecular flexibility index (Phi) is 4.49. The largest absolute Gasteiger partial charge is 0.325 e. The van der Waals surface area contributed by atoms with Gasteiger partial charge in [0.05, 0.1) is 0 Å². The van der Waals surface area contributed by atoms with Crippen molar-refractivity contribution < 1.29 is 18.8 Å². The van der Waals surface area contributed by atoms with Crippen LogP contribution in [0.5, 0.6) is 0 Å². The Bertz CT molecular complexity index is 726. The molecule has 4 amide bonds. The molecule has 0 unspecified atom stereocenters. The number of carbonyl (C=O) groups excluding carboxylic acids is 3. The van der Waals surface area contributed by atoms with Crippen LogP contribution < -0.4 is 10.6 Å².